The lowest BCUT2D eigenvalue weighted by Gasteiger charge is -1.86. The summed E-state index contributed by atoms with van der Waals surface area (Å²) in [5.41, 5.74) is 2.15. The lowest BCUT2D eigenvalue weighted by molar-refractivity contribution is -0.692. The van der Waals surface area contributed by atoms with Crippen molar-refractivity contribution in [1.82, 2.24) is 0 Å². The Labute approximate surface area is 76.5 Å². The molecule has 1 aromatic heterocycles. The second-order valence-electron chi connectivity index (χ2n) is 2.12. The molecule has 3 heteroatoms. The summed E-state index contributed by atoms with van der Waals surface area (Å²) in [7, 11) is 0. The molecule has 0 N–H and O–H groups in total. The third-order valence-corrected chi connectivity index (χ3v) is 1.97. The maximum atomic E-state index is 2.23. The molecule has 0 aromatic carbocycles. The van der Waals surface area contributed by atoms with Crippen LogP contribution in [0.1, 0.15) is 19.8 Å². The topological polar surface area (TPSA) is 3.88 Å². The standard InChI is InChI=1S/C7H12NS.BrH/c1-2-3-4-8-5-6-9-7-8;/h5-7H,2-4H2,1H3;1H/q+1;/p-1. The SMILES string of the molecule is CCCC[n+]1ccsc1.[Br-]. The van der Waals surface area contributed by atoms with Crippen molar-refractivity contribution in [1.29, 1.82) is 0 Å². The number of hydrogen-bond acceptors (Lipinski definition) is 1. The van der Waals surface area contributed by atoms with Gasteiger partial charge in [0, 0.05) is 6.42 Å². The summed E-state index contributed by atoms with van der Waals surface area (Å²) in [4.78, 5) is 0. The summed E-state index contributed by atoms with van der Waals surface area (Å²) in [6.45, 7) is 3.40. The summed E-state index contributed by atoms with van der Waals surface area (Å²) >= 11 is 1.75. The van der Waals surface area contributed by atoms with E-state index in [1.165, 1.54) is 19.4 Å². The van der Waals surface area contributed by atoms with Gasteiger partial charge in [-0.05, 0) is 0 Å². The minimum atomic E-state index is 0. The average Bonchev–Trinajstić information content (AvgIpc) is 2.34. The highest BCUT2D eigenvalue weighted by Crippen LogP contribution is 1.90. The smallest absolute Gasteiger partial charge is 0.224 e. The number of hydrogen-bond donors (Lipinski definition) is 0. The number of thiazole rings is 1. The number of aryl methyl sites for hydroxylation is 1. The number of unbranched alkanes of at least 4 members (excludes halogenated alkanes) is 1. The highest BCUT2D eigenvalue weighted by molar-refractivity contribution is 7.07. The molecular formula is C7H12BrNS. The zero-order chi connectivity index (χ0) is 6.53. The highest BCUT2D eigenvalue weighted by Gasteiger charge is 1.95. The molecule has 1 nitrogen and oxygen atoms in total. The maximum absolute atomic E-state index is 2.23. The van der Waals surface area contributed by atoms with Gasteiger partial charge < -0.3 is 17.0 Å². The van der Waals surface area contributed by atoms with Crippen molar-refractivity contribution in [3.8, 4) is 0 Å². The van der Waals surface area contributed by atoms with E-state index in [-0.39, 0.29) is 17.0 Å². The fourth-order valence-electron chi connectivity index (χ4n) is 0.730. The van der Waals surface area contributed by atoms with Crippen molar-refractivity contribution < 1.29 is 21.5 Å². The number of rotatable bonds is 3. The first-order valence-electron chi connectivity index (χ1n) is 3.34. The van der Waals surface area contributed by atoms with Crippen LogP contribution in [0.25, 0.3) is 0 Å². The molecule has 1 heterocycles. The van der Waals surface area contributed by atoms with E-state index in [9.17, 15) is 0 Å². The van der Waals surface area contributed by atoms with Crippen molar-refractivity contribution in [2.75, 3.05) is 0 Å². The largest absolute Gasteiger partial charge is 1.00 e. The van der Waals surface area contributed by atoms with Gasteiger partial charge in [0.1, 0.15) is 6.54 Å². The third-order valence-electron chi connectivity index (χ3n) is 1.30. The van der Waals surface area contributed by atoms with Gasteiger partial charge in [-0.25, -0.2) is 0 Å². The normalized spacial score (nSPS) is 8.90. The van der Waals surface area contributed by atoms with E-state index >= 15 is 0 Å². The predicted molar refractivity (Wildman–Crippen MR) is 39.4 cm³/mol. The fraction of sp³-hybridized carbons (Fsp3) is 0.571. The molecule has 0 radical (unpaired) electrons. The molecule has 0 saturated heterocycles. The van der Waals surface area contributed by atoms with Crippen LogP contribution >= 0.6 is 11.3 Å². The van der Waals surface area contributed by atoms with E-state index in [2.05, 4.69) is 28.6 Å². The van der Waals surface area contributed by atoms with Gasteiger partial charge in [0.15, 0.2) is 6.20 Å². The third kappa shape index (κ3) is 3.32. The number of aromatic nitrogens is 1. The minimum absolute atomic E-state index is 0. The van der Waals surface area contributed by atoms with E-state index < -0.39 is 0 Å². The number of nitrogens with zero attached hydrogens (tertiary/aromatic N) is 1. The van der Waals surface area contributed by atoms with E-state index in [1.807, 2.05) is 0 Å². The van der Waals surface area contributed by atoms with Crippen LogP contribution in [-0.2, 0) is 6.54 Å². The second-order valence-corrected chi connectivity index (χ2v) is 2.87. The van der Waals surface area contributed by atoms with Gasteiger partial charge in [0.25, 0.3) is 0 Å². The number of halogens is 1. The minimum Gasteiger partial charge on any atom is -1.00 e. The summed E-state index contributed by atoms with van der Waals surface area (Å²) < 4.78 is 2.23. The molecule has 0 aliphatic rings. The quantitative estimate of drug-likeness (QED) is 0.568. The molecule has 0 fully saturated rings. The van der Waals surface area contributed by atoms with E-state index in [0.29, 0.717) is 0 Å². The Bertz CT molecular complexity index is 151. The Hall–Kier alpha value is 0.110. The molecule has 1 aromatic rings. The first kappa shape index (κ1) is 10.1. The van der Waals surface area contributed by atoms with Crippen LogP contribution in [0.4, 0.5) is 0 Å². The first-order chi connectivity index (χ1) is 4.43. The van der Waals surface area contributed by atoms with Gasteiger partial charge in [-0.15, -0.1) is 0 Å². The molecular weight excluding hydrogens is 210 g/mol. The van der Waals surface area contributed by atoms with E-state index in [1.54, 1.807) is 11.3 Å². The lowest BCUT2D eigenvalue weighted by atomic mass is 10.3. The predicted octanol–water partition coefficient (Wildman–Crippen LogP) is -1.16. The van der Waals surface area contributed by atoms with Crippen LogP contribution in [0.3, 0.4) is 0 Å². The van der Waals surface area contributed by atoms with E-state index in [4.69, 9.17) is 0 Å². The van der Waals surface area contributed by atoms with Crippen molar-refractivity contribution in [2.45, 2.75) is 26.3 Å². The first-order valence-corrected chi connectivity index (χ1v) is 4.29. The zero-order valence-electron chi connectivity index (χ0n) is 6.09. The summed E-state index contributed by atoms with van der Waals surface area (Å²) in [5, 5.41) is 2.11. The van der Waals surface area contributed by atoms with Crippen LogP contribution in [0.15, 0.2) is 17.1 Å². The molecule has 0 saturated carbocycles. The monoisotopic (exact) mass is 221 g/mol. The summed E-state index contributed by atoms with van der Waals surface area (Å²) in [5.74, 6) is 0. The zero-order valence-corrected chi connectivity index (χ0v) is 8.49. The Balaban J connectivity index is 0.000000810. The molecule has 0 unspecified atom stereocenters. The summed E-state index contributed by atoms with van der Waals surface area (Å²) in [6.07, 6.45) is 4.70. The molecule has 58 valence electrons. The van der Waals surface area contributed by atoms with Gasteiger partial charge in [-0.3, -0.25) is 0 Å². The Morgan fingerprint density at radius 2 is 2.30 bits per heavy atom. The van der Waals surface area contributed by atoms with Crippen LogP contribution in [0.5, 0.6) is 0 Å². The van der Waals surface area contributed by atoms with Crippen molar-refractivity contribution >= 4 is 11.3 Å². The van der Waals surface area contributed by atoms with Gasteiger partial charge in [-0.2, -0.15) is 4.57 Å². The Morgan fingerprint density at radius 1 is 1.50 bits per heavy atom. The van der Waals surface area contributed by atoms with Crippen molar-refractivity contribution in [3.63, 3.8) is 0 Å². The maximum Gasteiger partial charge on any atom is 0.224 e. The Morgan fingerprint density at radius 3 is 2.80 bits per heavy atom. The molecule has 0 aliphatic heterocycles. The average molecular weight is 222 g/mol. The molecule has 0 bridgehead atoms. The second kappa shape index (κ2) is 5.86. The van der Waals surface area contributed by atoms with Gasteiger partial charge in [0.2, 0.25) is 5.51 Å². The Kier molecular flexibility index (Phi) is 5.93. The van der Waals surface area contributed by atoms with E-state index in [0.717, 1.165) is 0 Å². The van der Waals surface area contributed by atoms with Crippen LogP contribution in [0, 0.1) is 0 Å². The van der Waals surface area contributed by atoms with Gasteiger partial charge in [0.05, 0.1) is 5.38 Å². The molecule has 0 aliphatic carbocycles. The molecule has 0 spiro atoms. The lowest BCUT2D eigenvalue weighted by Crippen LogP contribution is -3.00. The van der Waals surface area contributed by atoms with Gasteiger partial charge >= 0.3 is 0 Å². The van der Waals surface area contributed by atoms with Crippen molar-refractivity contribution in [3.05, 3.63) is 17.1 Å². The molecule has 10 heavy (non-hydrogen) atoms. The van der Waals surface area contributed by atoms with Crippen molar-refractivity contribution in [2.24, 2.45) is 0 Å². The summed E-state index contributed by atoms with van der Waals surface area (Å²) in [6, 6.07) is 0. The fourth-order valence-corrected chi connectivity index (χ4v) is 1.36. The highest BCUT2D eigenvalue weighted by atomic mass is 79.9. The molecule has 0 atom stereocenters. The van der Waals surface area contributed by atoms with Crippen LogP contribution in [-0.4, -0.2) is 0 Å². The molecule has 0 amide bonds. The van der Waals surface area contributed by atoms with Crippen LogP contribution < -0.4 is 21.5 Å². The molecule has 1 rings (SSSR count). The van der Waals surface area contributed by atoms with Crippen LogP contribution in [0.2, 0.25) is 0 Å². The van der Waals surface area contributed by atoms with Gasteiger partial charge in [-0.1, -0.05) is 24.7 Å².